The van der Waals surface area contributed by atoms with Crippen molar-refractivity contribution in [1.82, 2.24) is 5.32 Å². The summed E-state index contributed by atoms with van der Waals surface area (Å²) in [6.45, 7) is 6.86. The molecule has 0 aromatic heterocycles. The van der Waals surface area contributed by atoms with E-state index in [1.54, 1.807) is 0 Å². The van der Waals surface area contributed by atoms with Crippen LogP contribution in [0.25, 0.3) is 0 Å². The predicted molar refractivity (Wildman–Crippen MR) is 115 cm³/mol. The fraction of sp³-hybridized carbons (Fsp3) is 0.480. The summed E-state index contributed by atoms with van der Waals surface area (Å²) in [5.41, 5.74) is 6.61. The van der Waals surface area contributed by atoms with E-state index < -0.39 is 6.10 Å². The van der Waals surface area contributed by atoms with Crippen LogP contribution in [0.3, 0.4) is 0 Å². The average Bonchev–Trinajstić information content (AvgIpc) is 2.75. The number of benzene rings is 2. The molecule has 1 atom stereocenters. The van der Waals surface area contributed by atoms with E-state index in [0.717, 1.165) is 31.4 Å². The van der Waals surface area contributed by atoms with E-state index in [9.17, 15) is 4.79 Å². The maximum Gasteiger partial charge on any atom is 0.261 e. The number of amides is 1. The molecular formula is C25H33NO2. The zero-order chi connectivity index (χ0) is 19.9. The Balaban J connectivity index is 1.64. The average molecular weight is 380 g/mol. The van der Waals surface area contributed by atoms with Crippen LogP contribution in [0.2, 0.25) is 0 Å². The molecule has 0 radical (unpaired) electrons. The fourth-order valence-electron chi connectivity index (χ4n) is 3.97. The lowest BCUT2D eigenvalue weighted by molar-refractivity contribution is -0.128. The zero-order valence-electron chi connectivity index (χ0n) is 17.5. The van der Waals surface area contributed by atoms with Crippen LogP contribution in [0.5, 0.6) is 5.75 Å². The second-order valence-electron chi connectivity index (χ2n) is 7.68. The highest BCUT2D eigenvalue weighted by Gasteiger charge is 2.19. The van der Waals surface area contributed by atoms with Gasteiger partial charge in [0.1, 0.15) is 5.75 Å². The number of hydrogen-bond donors (Lipinski definition) is 1. The fourth-order valence-corrected chi connectivity index (χ4v) is 3.97. The first-order chi connectivity index (χ1) is 13.6. The molecule has 0 spiro atoms. The van der Waals surface area contributed by atoms with Gasteiger partial charge in [0.2, 0.25) is 0 Å². The number of carbonyl (C=O) groups is 1. The SMILES string of the molecule is CCc1ccc(CC)c(CNC(=O)[C@@H](CC)Oc2ccc3c(c2)CCCC3)c1. The summed E-state index contributed by atoms with van der Waals surface area (Å²) in [5.74, 6) is 0.772. The van der Waals surface area contributed by atoms with E-state index in [2.05, 4.69) is 49.5 Å². The number of ether oxygens (including phenoxy) is 1. The van der Waals surface area contributed by atoms with Crippen LogP contribution in [0, 0.1) is 0 Å². The van der Waals surface area contributed by atoms with Gasteiger partial charge in [-0.15, -0.1) is 0 Å². The molecule has 2 aromatic rings. The molecule has 3 rings (SSSR count). The first kappa shape index (κ1) is 20.4. The Morgan fingerprint density at radius 2 is 1.75 bits per heavy atom. The smallest absolute Gasteiger partial charge is 0.261 e. The van der Waals surface area contributed by atoms with E-state index in [0.29, 0.717) is 13.0 Å². The van der Waals surface area contributed by atoms with E-state index in [4.69, 9.17) is 4.74 Å². The molecule has 1 aliphatic rings. The molecule has 2 aromatic carbocycles. The maximum absolute atomic E-state index is 12.8. The highest BCUT2D eigenvalue weighted by Crippen LogP contribution is 2.26. The van der Waals surface area contributed by atoms with E-state index >= 15 is 0 Å². The lowest BCUT2D eigenvalue weighted by Crippen LogP contribution is -2.37. The third-order valence-electron chi connectivity index (χ3n) is 5.77. The van der Waals surface area contributed by atoms with Crippen molar-refractivity contribution in [1.29, 1.82) is 0 Å². The molecule has 1 amide bonds. The van der Waals surface area contributed by atoms with Crippen LogP contribution < -0.4 is 10.1 Å². The topological polar surface area (TPSA) is 38.3 Å². The molecule has 1 N–H and O–H groups in total. The van der Waals surface area contributed by atoms with Gasteiger partial charge in [-0.25, -0.2) is 0 Å². The highest BCUT2D eigenvalue weighted by atomic mass is 16.5. The lowest BCUT2D eigenvalue weighted by Gasteiger charge is -2.21. The molecule has 28 heavy (non-hydrogen) atoms. The second-order valence-corrected chi connectivity index (χ2v) is 7.68. The monoisotopic (exact) mass is 379 g/mol. The van der Waals surface area contributed by atoms with Crippen LogP contribution in [-0.2, 0) is 37.0 Å². The van der Waals surface area contributed by atoms with Crippen molar-refractivity contribution >= 4 is 5.91 Å². The third-order valence-corrected chi connectivity index (χ3v) is 5.77. The summed E-state index contributed by atoms with van der Waals surface area (Å²) < 4.78 is 6.07. The zero-order valence-corrected chi connectivity index (χ0v) is 17.5. The third kappa shape index (κ3) is 4.95. The number of aryl methyl sites for hydroxylation is 4. The van der Waals surface area contributed by atoms with E-state index in [1.165, 1.54) is 40.7 Å². The first-order valence-corrected chi connectivity index (χ1v) is 10.8. The molecule has 0 aliphatic heterocycles. The Morgan fingerprint density at radius 1 is 0.964 bits per heavy atom. The minimum Gasteiger partial charge on any atom is -0.481 e. The van der Waals surface area contributed by atoms with Crippen LogP contribution >= 0.6 is 0 Å². The minimum absolute atomic E-state index is 0.0378. The van der Waals surface area contributed by atoms with Crippen LogP contribution in [-0.4, -0.2) is 12.0 Å². The van der Waals surface area contributed by atoms with Gasteiger partial charge in [-0.2, -0.15) is 0 Å². The molecule has 0 unspecified atom stereocenters. The predicted octanol–water partition coefficient (Wildman–Crippen LogP) is 5.16. The van der Waals surface area contributed by atoms with Crippen molar-refractivity contribution < 1.29 is 9.53 Å². The summed E-state index contributed by atoms with van der Waals surface area (Å²) >= 11 is 0. The van der Waals surface area contributed by atoms with Gasteiger partial charge in [0.25, 0.3) is 5.91 Å². The Labute approximate surface area is 169 Å². The summed E-state index contributed by atoms with van der Waals surface area (Å²) in [4.78, 5) is 12.8. The standard InChI is InChI=1S/C25H33NO2/c1-4-18-11-12-19(5-2)22(15-18)17-26-25(27)24(6-3)28-23-14-13-20-9-7-8-10-21(20)16-23/h11-16,24H,4-10,17H2,1-3H3,(H,26,27)/t24-/m1/s1. The van der Waals surface area contributed by atoms with E-state index in [1.807, 2.05) is 13.0 Å². The van der Waals surface area contributed by atoms with Crippen molar-refractivity contribution in [2.24, 2.45) is 0 Å². The minimum atomic E-state index is -0.457. The van der Waals surface area contributed by atoms with Gasteiger partial charge in [0.15, 0.2) is 6.10 Å². The van der Waals surface area contributed by atoms with Crippen molar-refractivity contribution in [3.05, 3.63) is 64.2 Å². The number of fused-ring (bicyclic) bond motifs is 1. The highest BCUT2D eigenvalue weighted by molar-refractivity contribution is 5.81. The number of rotatable bonds is 8. The molecule has 150 valence electrons. The summed E-state index contributed by atoms with van der Waals surface area (Å²) in [5, 5.41) is 3.09. The van der Waals surface area contributed by atoms with Crippen molar-refractivity contribution in [3.8, 4) is 5.75 Å². The Hall–Kier alpha value is -2.29. The Kier molecular flexibility index (Phi) is 7.13. The maximum atomic E-state index is 12.8. The Bertz CT molecular complexity index is 812. The lowest BCUT2D eigenvalue weighted by atomic mass is 9.92. The van der Waals surface area contributed by atoms with Crippen LogP contribution in [0.4, 0.5) is 0 Å². The molecule has 3 nitrogen and oxygen atoms in total. The van der Waals surface area contributed by atoms with Crippen LogP contribution in [0.1, 0.15) is 67.9 Å². The largest absolute Gasteiger partial charge is 0.481 e. The van der Waals surface area contributed by atoms with Crippen molar-refractivity contribution in [2.45, 2.75) is 78.4 Å². The molecule has 1 aliphatic carbocycles. The van der Waals surface area contributed by atoms with Gasteiger partial charge >= 0.3 is 0 Å². The molecule has 0 heterocycles. The van der Waals surface area contributed by atoms with Gasteiger partial charge in [-0.05, 0) is 84.9 Å². The second kappa shape index (κ2) is 9.77. The molecule has 0 bridgehead atoms. The van der Waals surface area contributed by atoms with E-state index in [-0.39, 0.29) is 5.91 Å². The van der Waals surface area contributed by atoms with Gasteiger partial charge < -0.3 is 10.1 Å². The van der Waals surface area contributed by atoms with Gasteiger partial charge in [0, 0.05) is 6.54 Å². The Morgan fingerprint density at radius 3 is 2.46 bits per heavy atom. The first-order valence-electron chi connectivity index (χ1n) is 10.8. The number of nitrogens with one attached hydrogen (secondary N) is 1. The number of carbonyl (C=O) groups excluding carboxylic acids is 1. The quantitative estimate of drug-likeness (QED) is 0.688. The number of hydrogen-bond acceptors (Lipinski definition) is 2. The summed E-state index contributed by atoms with van der Waals surface area (Å²) in [7, 11) is 0. The summed E-state index contributed by atoms with van der Waals surface area (Å²) in [6.07, 6.45) is 6.95. The van der Waals surface area contributed by atoms with Crippen LogP contribution in [0.15, 0.2) is 36.4 Å². The van der Waals surface area contributed by atoms with Crippen molar-refractivity contribution in [2.75, 3.05) is 0 Å². The van der Waals surface area contributed by atoms with Gasteiger partial charge in [-0.1, -0.05) is 45.0 Å². The molecule has 0 saturated heterocycles. The van der Waals surface area contributed by atoms with Gasteiger partial charge in [-0.3, -0.25) is 4.79 Å². The van der Waals surface area contributed by atoms with Crippen molar-refractivity contribution in [3.63, 3.8) is 0 Å². The molecule has 0 fully saturated rings. The molecular weight excluding hydrogens is 346 g/mol. The van der Waals surface area contributed by atoms with Gasteiger partial charge in [0.05, 0.1) is 0 Å². The normalized spacial score (nSPS) is 14.2. The molecule has 0 saturated carbocycles. The molecule has 3 heteroatoms. The summed E-state index contributed by atoms with van der Waals surface area (Å²) in [6, 6.07) is 12.9.